The van der Waals surface area contributed by atoms with Gasteiger partial charge in [-0.1, -0.05) is 55.5 Å². The fraction of sp³-hybridized carbons (Fsp3) is 0.200. The SMILES string of the molecule is CCC(=O)c1c(-c2ccc(F)cc2)oc2ccc(-c3cccc(C(=O)CC4(c5ccccc5)CC4)c3OC)cc12. The fourth-order valence-corrected chi connectivity index (χ4v) is 5.64. The topological polar surface area (TPSA) is 56.5 Å². The maximum absolute atomic E-state index is 13.6. The first-order valence-corrected chi connectivity index (χ1v) is 13.6. The van der Waals surface area contributed by atoms with Crippen LogP contribution in [0.3, 0.4) is 0 Å². The first-order chi connectivity index (χ1) is 19.4. The number of para-hydroxylation sites is 1. The number of rotatable bonds is 9. The molecule has 0 N–H and O–H groups in total. The van der Waals surface area contributed by atoms with Gasteiger partial charge in [-0.25, -0.2) is 4.39 Å². The highest BCUT2D eigenvalue weighted by atomic mass is 19.1. The number of carbonyl (C=O) groups is 2. The van der Waals surface area contributed by atoms with Crippen molar-refractivity contribution in [2.24, 2.45) is 0 Å². The second-order valence-corrected chi connectivity index (χ2v) is 10.4. The number of methoxy groups -OCH3 is 1. The third-order valence-electron chi connectivity index (χ3n) is 7.96. The van der Waals surface area contributed by atoms with Crippen molar-refractivity contribution >= 4 is 22.5 Å². The van der Waals surface area contributed by atoms with Gasteiger partial charge in [0.1, 0.15) is 22.9 Å². The van der Waals surface area contributed by atoms with Crippen molar-refractivity contribution in [3.63, 3.8) is 0 Å². The number of hydrogen-bond donors (Lipinski definition) is 0. The first kappa shape index (κ1) is 25.8. The van der Waals surface area contributed by atoms with Gasteiger partial charge in [0.15, 0.2) is 11.6 Å². The summed E-state index contributed by atoms with van der Waals surface area (Å²) in [7, 11) is 1.58. The van der Waals surface area contributed by atoms with Crippen LogP contribution in [0.4, 0.5) is 4.39 Å². The number of Topliss-reactive ketones (excluding diaryl/α,β-unsaturated/α-hetero) is 2. The quantitative estimate of drug-likeness (QED) is 0.178. The smallest absolute Gasteiger partial charge is 0.167 e. The van der Waals surface area contributed by atoms with Crippen LogP contribution in [0.1, 0.15) is 58.9 Å². The van der Waals surface area contributed by atoms with Crippen LogP contribution in [0.2, 0.25) is 0 Å². The van der Waals surface area contributed by atoms with Crippen LogP contribution in [0.25, 0.3) is 33.4 Å². The largest absolute Gasteiger partial charge is 0.495 e. The van der Waals surface area contributed by atoms with Gasteiger partial charge in [0.2, 0.25) is 0 Å². The second kappa shape index (κ2) is 10.2. The Kier molecular flexibility index (Phi) is 6.59. The molecule has 200 valence electrons. The average Bonchev–Trinajstić information content (AvgIpc) is 3.68. The molecule has 0 aliphatic heterocycles. The summed E-state index contributed by atoms with van der Waals surface area (Å²) in [5, 5.41) is 0.670. The molecule has 1 heterocycles. The van der Waals surface area contributed by atoms with Gasteiger partial charge < -0.3 is 9.15 Å². The predicted octanol–water partition coefficient (Wildman–Crippen LogP) is 8.81. The summed E-state index contributed by atoms with van der Waals surface area (Å²) >= 11 is 0. The van der Waals surface area contributed by atoms with E-state index in [0.29, 0.717) is 52.0 Å². The highest BCUT2D eigenvalue weighted by molar-refractivity contribution is 6.13. The minimum absolute atomic E-state index is 0.0462. The molecule has 6 rings (SSSR count). The Bertz CT molecular complexity index is 1730. The molecule has 1 saturated carbocycles. The molecule has 0 spiro atoms. The van der Waals surface area contributed by atoms with Crippen LogP contribution >= 0.6 is 0 Å². The van der Waals surface area contributed by atoms with E-state index < -0.39 is 0 Å². The lowest BCUT2D eigenvalue weighted by Gasteiger charge is -2.17. The van der Waals surface area contributed by atoms with E-state index >= 15 is 0 Å². The standard InChI is InChI=1S/C35H29FO4/c1-3-29(37)32-28-20-23(14-17-31(28)40-33(32)22-12-15-25(36)16-13-22)26-10-7-11-27(34(26)39-2)30(38)21-35(18-19-35)24-8-5-4-6-9-24/h4-17,20H,3,18-19,21H2,1-2H3. The summed E-state index contributed by atoms with van der Waals surface area (Å²) in [6.07, 6.45) is 2.70. The van der Waals surface area contributed by atoms with Crippen LogP contribution in [0.15, 0.2) is 95.4 Å². The van der Waals surface area contributed by atoms with Crippen molar-refractivity contribution in [2.45, 2.75) is 38.0 Å². The Labute approximate surface area is 232 Å². The third kappa shape index (κ3) is 4.51. The van der Waals surface area contributed by atoms with E-state index in [9.17, 15) is 14.0 Å². The summed E-state index contributed by atoms with van der Waals surface area (Å²) in [6.45, 7) is 1.81. The third-order valence-corrected chi connectivity index (χ3v) is 7.96. The maximum Gasteiger partial charge on any atom is 0.167 e. The van der Waals surface area contributed by atoms with Crippen molar-refractivity contribution in [3.8, 4) is 28.2 Å². The molecule has 1 aromatic heterocycles. The zero-order valence-corrected chi connectivity index (χ0v) is 22.5. The Hall–Kier alpha value is -4.51. The summed E-state index contributed by atoms with van der Waals surface area (Å²) in [5.74, 6) is 0.557. The molecule has 1 fully saturated rings. The zero-order valence-electron chi connectivity index (χ0n) is 22.5. The number of carbonyl (C=O) groups excluding carboxylic acids is 2. The second-order valence-electron chi connectivity index (χ2n) is 10.4. The van der Waals surface area contributed by atoms with Crippen LogP contribution in [-0.4, -0.2) is 18.7 Å². The van der Waals surface area contributed by atoms with Crippen LogP contribution < -0.4 is 4.74 Å². The average molecular weight is 533 g/mol. The molecule has 5 heteroatoms. The van der Waals surface area contributed by atoms with Gasteiger partial charge in [-0.05, 0) is 66.4 Å². The molecule has 1 aliphatic rings. The normalized spacial score (nSPS) is 13.8. The highest BCUT2D eigenvalue weighted by Crippen LogP contribution is 2.52. The van der Waals surface area contributed by atoms with Crippen molar-refractivity contribution in [1.82, 2.24) is 0 Å². The minimum atomic E-state index is -0.358. The number of hydrogen-bond acceptors (Lipinski definition) is 4. The number of ether oxygens (including phenoxy) is 1. The van der Waals surface area contributed by atoms with Crippen molar-refractivity contribution in [1.29, 1.82) is 0 Å². The molecule has 0 bridgehead atoms. The van der Waals surface area contributed by atoms with Gasteiger partial charge >= 0.3 is 0 Å². The molecule has 0 saturated heterocycles. The van der Waals surface area contributed by atoms with Crippen LogP contribution in [0.5, 0.6) is 5.75 Å². The number of ketones is 2. The molecule has 5 aromatic rings. The molecule has 40 heavy (non-hydrogen) atoms. The van der Waals surface area contributed by atoms with Crippen molar-refractivity contribution in [2.75, 3.05) is 7.11 Å². The number of furan rings is 1. The van der Waals surface area contributed by atoms with Crippen LogP contribution in [-0.2, 0) is 5.41 Å². The molecule has 4 aromatic carbocycles. The highest BCUT2D eigenvalue weighted by Gasteiger charge is 2.46. The van der Waals surface area contributed by atoms with E-state index in [1.807, 2.05) is 54.6 Å². The Morgan fingerprint density at radius 1 is 0.875 bits per heavy atom. The van der Waals surface area contributed by atoms with Gasteiger partial charge in [-0.2, -0.15) is 0 Å². The minimum Gasteiger partial charge on any atom is -0.495 e. The Balaban J connectivity index is 1.42. The summed E-state index contributed by atoms with van der Waals surface area (Å²) in [4.78, 5) is 26.8. The molecular weight excluding hydrogens is 503 g/mol. The fourth-order valence-electron chi connectivity index (χ4n) is 5.64. The van der Waals surface area contributed by atoms with Gasteiger partial charge in [0.25, 0.3) is 0 Å². The van der Waals surface area contributed by atoms with Gasteiger partial charge in [0, 0.05) is 34.8 Å². The first-order valence-electron chi connectivity index (χ1n) is 13.6. The summed E-state index contributed by atoms with van der Waals surface area (Å²) < 4.78 is 25.6. The van der Waals surface area contributed by atoms with Gasteiger partial charge in [-0.15, -0.1) is 0 Å². The van der Waals surface area contributed by atoms with E-state index in [4.69, 9.17) is 9.15 Å². The van der Waals surface area contributed by atoms with E-state index in [0.717, 1.165) is 24.0 Å². The van der Waals surface area contributed by atoms with E-state index in [-0.39, 0.29) is 22.8 Å². The summed E-state index contributed by atoms with van der Waals surface area (Å²) in [5.41, 5.74) is 4.87. The van der Waals surface area contributed by atoms with Gasteiger partial charge in [0.05, 0.1) is 18.2 Å². The lowest BCUT2D eigenvalue weighted by atomic mass is 9.87. The molecular formula is C35H29FO4. The molecule has 0 radical (unpaired) electrons. The van der Waals surface area contributed by atoms with E-state index in [1.165, 1.54) is 17.7 Å². The van der Waals surface area contributed by atoms with Crippen molar-refractivity contribution in [3.05, 3.63) is 114 Å². The lowest BCUT2D eigenvalue weighted by Crippen LogP contribution is -2.14. The summed E-state index contributed by atoms with van der Waals surface area (Å²) in [6, 6.07) is 27.4. The molecule has 0 amide bonds. The monoisotopic (exact) mass is 532 g/mol. The molecule has 1 aliphatic carbocycles. The molecule has 0 atom stereocenters. The van der Waals surface area contributed by atoms with Crippen molar-refractivity contribution < 1.29 is 23.1 Å². The number of benzene rings is 4. The molecule has 0 unspecified atom stereocenters. The number of fused-ring (bicyclic) bond motifs is 1. The maximum atomic E-state index is 13.6. The Morgan fingerprint density at radius 2 is 1.60 bits per heavy atom. The van der Waals surface area contributed by atoms with E-state index in [2.05, 4.69) is 12.1 Å². The molecule has 4 nitrogen and oxygen atoms in total. The van der Waals surface area contributed by atoms with E-state index in [1.54, 1.807) is 26.2 Å². The van der Waals surface area contributed by atoms with Gasteiger partial charge in [-0.3, -0.25) is 9.59 Å². The zero-order chi connectivity index (χ0) is 27.9. The van der Waals surface area contributed by atoms with Crippen LogP contribution in [0, 0.1) is 5.82 Å². The Morgan fingerprint density at radius 3 is 2.27 bits per heavy atom. The predicted molar refractivity (Wildman–Crippen MR) is 155 cm³/mol. The lowest BCUT2D eigenvalue weighted by molar-refractivity contribution is 0.0964. The number of halogens is 1.